The number of aryl methyl sites for hydroxylation is 2. The van der Waals surface area contributed by atoms with Crippen LogP contribution >= 0.6 is 0 Å². The van der Waals surface area contributed by atoms with Crippen molar-refractivity contribution >= 4 is 17.7 Å². The summed E-state index contributed by atoms with van der Waals surface area (Å²) in [4.78, 5) is 31.3. The molecule has 0 aliphatic rings. The zero-order valence-corrected chi connectivity index (χ0v) is 14.5. The Bertz CT molecular complexity index is 750. The van der Waals surface area contributed by atoms with Crippen molar-refractivity contribution in [1.82, 2.24) is 9.97 Å². The first kappa shape index (κ1) is 17.7. The van der Waals surface area contributed by atoms with Crippen molar-refractivity contribution in [3.05, 3.63) is 46.4 Å². The van der Waals surface area contributed by atoms with Crippen LogP contribution in [0.5, 0.6) is 0 Å². The van der Waals surface area contributed by atoms with Gasteiger partial charge in [-0.3, -0.25) is 4.79 Å². The molecule has 6 heteroatoms. The number of aromatic nitrogens is 2. The Hall–Kier alpha value is -2.63. The van der Waals surface area contributed by atoms with Gasteiger partial charge in [-0.15, -0.1) is 0 Å². The number of aromatic amines is 1. The largest absolute Gasteiger partial charge is 0.461 e. The highest BCUT2D eigenvalue weighted by Crippen LogP contribution is 2.20. The van der Waals surface area contributed by atoms with Gasteiger partial charge in [-0.1, -0.05) is 6.07 Å². The minimum absolute atomic E-state index is 0.102. The van der Waals surface area contributed by atoms with Gasteiger partial charge in [0.2, 0.25) is 5.91 Å². The number of esters is 1. The number of carbonyl (C=O) groups excluding carboxylic acids is 2. The standard InChI is InChI=1S/C18H23N3O3/c1-5-24-18(23)16-12(3)14(13(4)20-16)8-9-15(22)21-17-11(2)7-6-10-19-17/h6-7,10,20H,5,8-9H2,1-4H3,(H,19,21,22). The van der Waals surface area contributed by atoms with E-state index in [1.54, 1.807) is 13.1 Å². The number of pyridine rings is 1. The summed E-state index contributed by atoms with van der Waals surface area (Å²) in [6.45, 7) is 7.76. The van der Waals surface area contributed by atoms with Gasteiger partial charge in [0.1, 0.15) is 11.5 Å². The van der Waals surface area contributed by atoms with Crippen molar-refractivity contribution in [2.75, 3.05) is 11.9 Å². The number of nitrogens with zero attached hydrogens (tertiary/aromatic N) is 1. The van der Waals surface area contributed by atoms with Crippen molar-refractivity contribution in [1.29, 1.82) is 0 Å². The van der Waals surface area contributed by atoms with Gasteiger partial charge >= 0.3 is 5.97 Å². The molecule has 0 radical (unpaired) electrons. The lowest BCUT2D eigenvalue weighted by atomic mass is 10.0. The molecule has 6 nitrogen and oxygen atoms in total. The van der Waals surface area contributed by atoms with E-state index < -0.39 is 0 Å². The average molecular weight is 329 g/mol. The molecular weight excluding hydrogens is 306 g/mol. The van der Waals surface area contributed by atoms with Crippen LogP contribution in [0.4, 0.5) is 5.82 Å². The van der Waals surface area contributed by atoms with E-state index in [1.807, 2.05) is 32.9 Å². The molecule has 0 bridgehead atoms. The number of hydrogen-bond acceptors (Lipinski definition) is 4. The summed E-state index contributed by atoms with van der Waals surface area (Å²) in [5.41, 5.74) is 4.09. The topological polar surface area (TPSA) is 84.1 Å². The molecule has 0 saturated heterocycles. The van der Waals surface area contributed by atoms with Crippen molar-refractivity contribution < 1.29 is 14.3 Å². The second-order valence-electron chi connectivity index (χ2n) is 5.67. The third-order valence-electron chi connectivity index (χ3n) is 3.94. The first-order valence-electron chi connectivity index (χ1n) is 8.00. The molecule has 1 amide bonds. The first-order valence-corrected chi connectivity index (χ1v) is 8.00. The smallest absolute Gasteiger partial charge is 0.355 e. The van der Waals surface area contributed by atoms with Gasteiger partial charge in [-0.05, 0) is 56.9 Å². The van der Waals surface area contributed by atoms with Crippen LogP contribution in [-0.2, 0) is 16.0 Å². The number of ether oxygens (including phenoxy) is 1. The van der Waals surface area contributed by atoms with Crippen LogP contribution in [0.1, 0.15) is 46.2 Å². The minimum atomic E-state index is -0.363. The quantitative estimate of drug-likeness (QED) is 0.798. The Morgan fingerprint density at radius 2 is 2.04 bits per heavy atom. The Morgan fingerprint density at radius 3 is 2.71 bits per heavy atom. The molecule has 2 rings (SSSR count). The molecular formula is C18H23N3O3. The molecule has 0 fully saturated rings. The second-order valence-corrected chi connectivity index (χ2v) is 5.67. The average Bonchev–Trinajstić information content (AvgIpc) is 2.82. The minimum Gasteiger partial charge on any atom is -0.461 e. The highest BCUT2D eigenvalue weighted by atomic mass is 16.5. The summed E-state index contributed by atoms with van der Waals surface area (Å²) in [6, 6.07) is 3.73. The summed E-state index contributed by atoms with van der Waals surface area (Å²) in [5, 5.41) is 2.82. The lowest BCUT2D eigenvalue weighted by Gasteiger charge is -2.07. The lowest BCUT2D eigenvalue weighted by molar-refractivity contribution is -0.116. The molecule has 0 atom stereocenters. The Labute approximate surface area is 141 Å². The van der Waals surface area contributed by atoms with E-state index in [-0.39, 0.29) is 11.9 Å². The Kier molecular flexibility index (Phi) is 5.73. The molecule has 0 aliphatic carbocycles. The maximum absolute atomic E-state index is 12.2. The van der Waals surface area contributed by atoms with E-state index >= 15 is 0 Å². The van der Waals surface area contributed by atoms with Crippen molar-refractivity contribution in [3.8, 4) is 0 Å². The van der Waals surface area contributed by atoms with Gasteiger partial charge in [-0.25, -0.2) is 9.78 Å². The number of anilines is 1. The molecule has 2 heterocycles. The van der Waals surface area contributed by atoms with Crippen LogP contribution in [0, 0.1) is 20.8 Å². The van der Waals surface area contributed by atoms with E-state index in [9.17, 15) is 9.59 Å². The molecule has 128 valence electrons. The summed E-state index contributed by atoms with van der Waals surface area (Å²) in [6.07, 6.45) is 2.51. The molecule has 0 spiro atoms. The van der Waals surface area contributed by atoms with Gasteiger partial charge in [-0.2, -0.15) is 0 Å². The maximum Gasteiger partial charge on any atom is 0.355 e. The molecule has 0 unspecified atom stereocenters. The summed E-state index contributed by atoms with van der Waals surface area (Å²) < 4.78 is 5.04. The van der Waals surface area contributed by atoms with Crippen LogP contribution < -0.4 is 5.32 Å². The van der Waals surface area contributed by atoms with Crippen molar-refractivity contribution in [2.45, 2.75) is 40.5 Å². The molecule has 2 aromatic rings. The predicted octanol–water partition coefficient (Wildman–Crippen LogP) is 3.08. The van der Waals surface area contributed by atoms with E-state index in [0.29, 0.717) is 31.0 Å². The summed E-state index contributed by atoms with van der Waals surface area (Å²) >= 11 is 0. The van der Waals surface area contributed by atoms with Gasteiger partial charge in [0.05, 0.1) is 6.61 Å². The summed E-state index contributed by atoms with van der Waals surface area (Å²) in [7, 11) is 0. The fourth-order valence-electron chi connectivity index (χ4n) is 2.62. The van der Waals surface area contributed by atoms with Crippen LogP contribution in [0.2, 0.25) is 0 Å². The number of carbonyl (C=O) groups is 2. The number of rotatable bonds is 6. The van der Waals surface area contributed by atoms with Crippen molar-refractivity contribution in [2.24, 2.45) is 0 Å². The third kappa shape index (κ3) is 4.01. The van der Waals surface area contributed by atoms with Gasteiger partial charge in [0.15, 0.2) is 0 Å². The zero-order valence-electron chi connectivity index (χ0n) is 14.5. The highest BCUT2D eigenvalue weighted by Gasteiger charge is 2.18. The normalized spacial score (nSPS) is 10.5. The summed E-state index contributed by atoms with van der Waals surface area (Å²) in [5.74, 6) is 0.115. The molecule has 0 aromatic carbocycles. The van der Waals surface area contributed by atoms with E-state index in [0.717, 1.165) is 22.4 Å². The molecule has 2 aromatic heterocycles. The molecule has 2 N–H and O–H groups in total. The van der Waals surface area contributed by atoms with Gasteiger partial charge < -0.3 is 15.0 Å². The first-order chi connectivity index (χ1) is 11.4. The number of H-pyrrole nitrogens is 1. The molecule has 0 saturated carbocycles. The SMILES string of the molecule is CCOC(=O)c1[nH]c(C)c(CCC(=O)Nc2ncccc2C)c1C. The number of nitrogens with one attached hydrogen (secondary N) is 2. The van der Waals surface area contributed by atoms with Crippen LogP contribution in [-0.4, -0.2) is 28.5 Å². The zero-order chi connectivity index (χ0) is 17.7. The fraction of sp³-hybridized carbons (Fsp3) is 0.389. The Morgan fingerprint density at radius 1 is 1.29 bits per heavy atom. The van der Waals surface area contributed by atoms with Crippen LogP contribution in [0.25, 0.3) is 0 Å². The highest BCUT2D eigenvalue weighted by molar-refractivity contribution is 5.91. The monoisotopic (exact) mass is 329 g/mol. The molecule has 24 heavy (non-hydrogen) atoms. The van der Waals surface area contributed by atoms with E-state index in [4.69, 9.17) is 4.74 Å². The fourth-order valence-corrected chi connectivity index (χ4v) is 2.62. The van der Waals surface area contributed by atoms with Crippen molar-refractivity contribution in [3.63, 3.8) is 0 Å². The maximum atomic E-state index is 12.2. The number of hydrogen-bond donors (Lipinski definition) is 2. The Balaban J connectivity index is 2.03. The van der Waals surface area contributed by atoms with E-state index in [1.165, 1.54) is 0 Å². The molecule has 0 aliphatic heterocycles. The van der Waals surface area contributed by atoms with E-state index in [2.05, 4.69) is 15.3 Å². The van der Waals surface area contributed by atoms with Gasteiger partial charge in [0.25, 0.3) is 0 Å². The number of amides is 1. The third-order valence-corrected chi connectivity index (χ3v) is 3.94. The predicted molar refractivity (Wildman–Crippen MR) is 92.1 cm³/mol. The second kappa shape index (κ2) is 7.77. The van der Waals surface area contributed by atoms with Crippen LogP contribution in [0.15, 0.2) is 18.3 Å². The van der Waals surface area contributed by atoms with Crippen LogP contribution in [0.3, 0.4) is 0 Å². The lowest BCUT2D eigenvalue weighted by Crippen LogP contribution is -2.14. The van der Waals surface area contributed by atoms with Gasteiger partial charge in [0, 0.05) is 18.3 Å².